The molecule has 0 amide bonds. The van der Waals surface area contributed by atoms with Gasteiger partial charge < -0.3 is 10.1 Å². The molecule has 4 nitrogen and oxygen atoms in total. The first-order valence-corrected chi connectivity index (χ1v) is 6.21. The third-order valence-corrected chi connectivity index (χ3v) is 2.47. The van der Waals surface area contributed by atoms with Crippen LogP contribution in [0.4, 0.5) is 14.6 Å². The molecule has 0 saturated carbocycles. The molecule has 2 rings (SSSR count). The number of benzene rings is 1. The molecule has 0 bridgehead atoms. The van der Waals surface area contributed by atoms with E-state index in [9.17, 15) is 8.78 Å². The summed E-state index contributed by atoms with van der Waals surface area (Å²) in [6.07, 6.45) is 1.37. The lowest BCUT2D eigenvalue weighted by Gasteiger charge is -2.10. The van der Waals surface area contributed by atoms with Crippen molar-refractivity contribution in [3.63, 3.8) is 0 Å². The Hall–Kier alpha value is -2.24. The molecule has 106 valence electrons. The second-order valence-electron chi connectivity index (χ2n) is 4.50. The number of nitrogens with zero attached hydrogens (tertiary/aromatic N) is 2. The van der Waals surface area contributed by atoms with E-state index < -0.39 is 11.6 Å². The number of anilines is 1. The van der Waals surface area contributed by atoms with Crippen LogP contribution in [0.25, 0.3) is 0 Å². The highest BCUT2D eigenvalue weighted by Gasteiger charge is 2.05. The Balaban J connectivity index is 2.03. The lowest BCUT2D eigenvalue weighted by Crippen LogP contribution is -2.08. The number of aromatic nitrogens is 2. The van der Waals surface area contributed by atoms with E-state index in [0.29, 0.717) is 17.3 Å². The zero-order valence-electron chi connectivity index (χ0n) is 11.2. The standard InChI is InChI=1S/C14H15F2N3O/c1-9(2)20-14-6-13(18-8-19-14)17-7-10-3-4-11(15)5-12(10)16/h3-6,8-9H,7H2,1-2H3,(H,17,18,19). The number of hydrogen-bond acceptors (Lipinski definition) is 4. The smallest absolute Gasteiger partial charge is 0.218 e. The number of nitrogens with one attached hydrogen (secondary N) is 1. The van der Waals surface area contributed by atoms with Crippen LogP contribution in [0.5, 0.6) is 5.88 Å². The van der Waals surface area contributed by atoms with Crippen LogP contribution < -0.4 is 10.1 Å². The van der Waals surface area contributed by atoms with Gasteiger partial charge in [0, 0.05) is 24.2 Å². The molecule has 0 radical (unpaired) electrons. The van der Waals surface area contributed by atoms with Crippen molar-refractivity contribution in [1.29, 1.82) is 0 Å². The molecule has 0 atom stereocenters. The van der Waals surface area contributed by atoms with Gasteiger partial charge in [-0.05, 0) is 19.9 Å². The van der Waals surface area contributed by atoms with Crippen LogP contribution >= 0.6 is 0 Å². The number of halogens is 2. The molecule has 0 saturated heterocycles. The minimum absolute atomic E-state index is 0.00675. The summed E-state index contributed by atoms with van der Waals surface area (Å²) in [4.78, 5) is 7.98. The quantitative estimate of drug-likeness (QED) is 0.913. The first-order valence-electron chi connectivity index (χ1n) is 6.21. The fourth-order valence-electron chi connectivity index (χ4n) is 1.59. The summed E-state index contributed by atoms with van der Waals surface area (Å²) in [6, 6.07) is 5.09. The van der Waals surface area contributed by atoms with Crippen molar-refractivity contribution in [3.8, 4) is 5.88 Å². The van der Waals surface area contributed by atoms with Crippen LogP contribution in [-0.4, -0.2) is 16.1 Å². The average Bonchev–Trinajstić information content (AvgIpc) is 2.37. The molecule has 0 spiro atoms. The van der Waals surface area contributed by atoms with Crippen LogP contribution in [0.3, 0.4) is 0 Å². The van der Waals surface area contributed by atoms with Crippen molar-refractivity contribution in [2.75, 3.05) is 5.32 Å². The Kier molecular flexibility index (Phi) is 4.45. The van der Waals surface area contributed by atoms with E-state index in [0.717, 1.165) is 6.07 Å². The fraction of sp³-hybridized carbons (Fsp3) is 0.286. The summed E-state index contributed by atoms with van der Waals surface area (Å²) >= 11 is 0. The molecule has 0 fully saturated rings. The van der Waals surface area contributed by atoms with E-state index in [1.165, 1.54) is 18.5 Å². The number of rotatable bonds is 5. The van der Waals surface area contributed by atoms with E-state index in [1.807, 2.05) is 13.8 Å². The summed E-state index contributed by atoms with van der Waals surface area (Å²) in [5.74, 6) is -0.234. The Labute approximate surface area is 115 Å². The fourth-order valence-corrected chi connectivity index (χ4v) is 1.59. The van der Waals surface area contributed by atoms with Crippen LogP contribution in [0, 0.1) is 11.6 Å². The van der Waals surface area contributed by atoms with Gasteiger partial charge in [-0.15, -0.1) is 0 Å². The molecular formula is C14H15F2N3O. The molecule has 20 heavy (non-hydrogen) atoms. The Morgan fingerprint density at radius 1 is 1.20 bits per heavy atom. The van der Waals surface area contributed by atoms with Crippen LogP contribution in [0.15, 0.2) is 30.6 Å². The van der Waals surface area contributed by atoms with Gasteiger partial charge in [0.2, 0.25) is 5.88 Å². The van der Waals surface area contributed by atoms with E-state index >= 15 is 0 Å². The molecule has 0 aliphatic heterocycles. The summed E-state index contributed by atoms with van der Waals surface area (Å²) in [6.45, 7) is 3.98. The summed E-state index contributed by atoms with van der Waals surface area (Å²) in [5.41, 5.74) is 0.358. The topological polar surface area (TPSA) is 47.0 Å². The van der Waals surface area contributed by atoms with Gasteiger partial charge in [0.05, 0.1) is 6.10 Å². The van der Waals surface area contributed by atoms with Crippen LogP contribution in [-0.2, 0) is 6.54 Å². The SMILES string of the molecule is CC(C)Oc1cc(NCc2ccc(F)cc2F)ncn1. The highest BCUT2D eigenvalue weighted by Crippen LogP contribution is 2.15. The first kappa shape index (κ1) is 14.2. The van der Waals surface area contributed by atoms with Crippen LogP contribution in [0.1, 0.15) is 19.4 Å². The largest absolute Gasteiger partial charge is 0.475 e. The van der Waals surface area contributed by atoms with Crippen molar-refractivity contribution in [1.82, 2.24) is 9.97 Å². The second kappa shape index (κ2) is 6.27. The van der Waals surface area contributed by atoms with Crippen molar-refractivity contribution in [3.05, 3.63) is 47.8 Å². The molecule has 1 aromatic heterocycles. The maximum absolute atomic E-state index is 13.5. The van der Waals surface area contributed by atoms with Gasteiger partial charge in [-0.2, -0.15) is 0 Å². The van der Waals surface area contributed by atoms with Gasteiger partial charge >= 0.3 is 0 Å². The third kappa shape index (κ3) is 3.88. The Morgan fingerprint density at radius 3 is 2.70 bits per heavy atom. The molecule has 1 N–H and O–H groups in total. The summed E-state index contributed by atoms with van der Waals surface area (Å²) in [5, 5.41) is 2.94. The molecule has 0 aliphatic rings. The normalized spacial score (nSPS) is 10.7. The molecule has 1 aromatic carbocycles. The van der Waals surface area contributed by atoms with Gasteiger partial charge in [-0.1, -0.05) is 6.07 Å². The summed E-state index contributed by atoms with van der Waals surface area (Å²) in [7, 11) is 0. The van der Waals surface area contributed by atoms with Gasteiger partial charge in [0.15, 0.2) is 0 Å². The zero-order valence-corrected chi connectivity index (χ0v) is 11.2. The minimum atomic E-state index is -0.596. The lowest BCUT2D eigenvalue weighted by atomic mass is 10.2. The molecule has 0 aliphatic carbocycles. The van der Waals surface area contributed by atoms with Crippen LogP contribution in [0.2, 0.25) is 0 Å². The molecular weight excluding hydrogens is 264 g/mol. The Bertz CT molecular complexity index is 590. The second-order valence-corrected chi connectivity index (χ2v) is 4.50. The van der Waals surface area contributed by atoms with E-state index in [1.54, 1.807) is 6.07 Å². The predicted octanol–water partition coefficient (Wildman–Crippen LogP) is 3.15. The van der Waals surface area contributed by atoms with E-state index in [-0.39, 0.29) is 12.6 Å². The molecule has 6 heteroatoms. The Morgan fingerprint density at radius 2 is 2.00 bits per heavy atom. The number of ether oxygens (including phenoxy) is 1. The van der Waals surface area contributed by atoms with Crippen molar-refractivity contribution in [2.45, 2.75) is 26.5 Å². The maximum Gasteiger partial charge on any atom is 0.218 e. The molecule has 1 heterocycles. The average molecular weight is 279 g/mol. The highest BCUT2D eigenvalue weighted by atomic mass is 19.1. The summed E-state index contributed by atoms with van der Waals surface area (Å²) < 4.78 is 31.7. The number of hydrogen-bond donors (Lipinski definition) is 1. The third-order valence-electron chi connectivity index (χ3n) is 2.47. The minimum Gasteiger partial charge on any atom is -0.475 e. The van der Waals surface area contributed by atoms with Crippen molar-refractivity contribution < 1.29 is 13.5 Å². The van der Waals surface area contributed by atoms with E-state index in [4.69, 9.17) is 4.74 Å². The van der Waals surface area contributed by atoms with Gasteiger partial charge in [-0.3, -0.25) is 0 Å². The van der Waals surface area contributed by atoms with Gasteiger partial charge in [0.1, 0.15) is 23.8 Å². The molecule has 2 aromatic rings. The first-order chi connectivity index (χ1) is 9.54. The van der Waals surface area contributed by atoms with Gasteiger partial charge in [0.25, 0.3) is 0 Å². The maximum atomic E-state index is 13.5. The molecule has 0 unspecified atom stereocenters. The highest BCUT2D eigenvalue weighted by molar-refractivity contribution is 5.38. The predicted molar refractivity (Wildman–Crippen MR) is 71.5 cm³/mol. The lowest BCUT2D eigenvalue weighted by molar-refractivity contribution is 0.232. The zero-order chi connectivity index (χ0) is 14.5. The van der Waals surface area contributed by atoms with E-state index in [2.05, 4.69) is 15.3 Å². The van der Waals surface area contributed by atoms with Gasteiger partial charge in [-0.25, -0.2) is 18.7 Å². The van der Waals surface area contributed by atoms with Crippen molar-refractivity contribution in [2.24, 2.45) is 0 Å². The monoisotopic (exact) mass is 279 g/mol. The van der Waals surface area contributed by atoms with Crippen molar-refractivity contribution >= 4 is 5.82 Å².